The molecule has 0 fully saturated rings. The minimum Gasteiger partial charge on any atom is -0.298 e. The second-order valence-corrected chi connectivity index (χ2v) is 9.47. The van der Waals surface area contributed by atoms with E-state index in [1.54, 1.807) is 13.0 Å². The third-order valence-corrected chi connectivity index (χ3v) is 4.91. The summed E-state index contributed by atoms with van der Waals surface area (Å²) in [6.45, 7) is 1.73. The molecule has 0 aliphatic heterocycles. The Morgan fingerprint density at radius 1 is 0.771 bits per heavy atom. The van der Waals surface area contributed by atoms with E-state index in [0.717, 1.165) is 5.69 Å². The summed E-state index contributed by atoms with van der Waals surface area (Å²) in [5.74, 6) is -0.900. The molecule has 0 heterocycles. The van der Waals surface area contributed by atoms with Crippen LogP contribution in [0.3, 0.4) is 0 Å². The van der Waals surface area contributed by atoms with Crippen molar-refractivity contribution < 1.29 is 57.3 Å². The monoisotopic (exact) mass is 540 g/mol. The highest BCUT2D eigenvalue weighted by Gasteiger charge is 2.44. The number of aryl methyl sites for hydroxylation is 1. The van der Waals surface area contributed by atoms with Gasteiger partial charge in [0.2, 0.25) is 0 Å². The Kier molecular flexibility index (Phi) is 8.49. The van der Waals surface area contributed by atoms with E-state index in [0.29, 0.717) is 22.2 Å². The predicted molar refractivity (Wildman–Crippen MR) is 108 cm³/mol. The van der Waals surface area contributed by atoms with Gasteiger partial charge in [-0.25, -0.2) is 0 Å². The quantitative estimate of drug-likeness (QED) is 0.174. The molecule has 0 saturated carbocycles. The first-order valence-corrected chi connectivity index (χ1v) is 10.6. The molecule has 1 N–H and O–H groups in total. The molecule has 15 heteroatoms. The van der Waals surface area contributed by atoms with E-state index in [1.165, 1.54) is 12.1 Å². The number of carbonyl (C=O) groups excluding carboxylic acids is 1. The zero-order chi connectivity index (χ0) is 27.8. The summed E-state index contributed by atoms with van der Waals surface area (Å²) in [5.41, 5.74) is -7.62. The van der Waals surface area contributed by atoms with Crippen LogP contribution in [-0.4, -0.2) is 45.4 Å². The summed E-state index contributed by atoms with van der Waals surface area (Å²) < 4.78 is 136. The number of alkyl halides is 9. The molecule has 35 heavy (non-hydrogen) atoms. The van der Waals surface area contributed by atoms with Crippen LogP contribution in [0.5, 0.6) is 0 Å². The molecule has 0 unspecified atom stereocenters. The van der Waals surface area contributed by atoms with E-state index >= 15 is 0 Å². The molecular formula is C20H19F9NO4S+. The third-order valence-electron chi connectivity index (χ3n) is 4.32. The molecule has 0 saturated heterocycles. The van der Waals surface area contributed by atoms with Gasteiger partial charge in [0, 0.05) is 22.8 Å². The molecule has 0 radical (unpaired) electrons. The van der Waals surface area contributed by atoms with Crippen molar-refractivity contribution in [1.29, 1.82) is 0 Å². The van der Waals surface area contributed by atoms with Gasteiger partial charge in [-0.3, -0.25) is 13.8 Å². The molecule has 0 spiro atoms. The first-order chi connectivity index (χ1) is 15.4. The molecule has 196 valence electrons. The van der Waals surface area contributed by atoms with Gasteiger partial charge < -0.3 is 0 Å². The number of carbonyl (C=O) groups is 1. The van der Waals surface area contributed by atoms with Gasteiger partial charge in [-0.2, -0.15) is 47.9 Å². The van der Waals surface area contributed by atoms with Crippen molar-refractivity contribution in [1.82, 2.24) is 4.48 Å². The average Bonchev–Trinajstić information content (AvgIpc) is 2.63. The second-order valence-electron chi connectivity index (χ2n) is 8.06. The van der Waals surface area contributed by atoms with Crippen molar-refractivity contribution in [2.24, 2.45) is 0 Å². The molecule has 0 bridgehead atoms. The van der Waals surface area contributed by atoms with Crippen LogP contribution in [0.1, 0.15) is 32.6 Å². The lowest BCUT2D eigenvalue weighted by atomic mass is 9.96. The van der Waals surface area contributed by atoms with Crippen molar-refractivity contribution in [3.8, 4) is 0 Å². The van der Waals surface area contributed by atoms with Gasteiger partial charge in [-0.1, -0.05) is 0 Å². The van der Waals surface area contributed by atoms with E-state index in [-0.39, 0.29) is 11.6 Å². The smallest absolute Gasteiger partial charge is 0.298 e. The van der Waals surface area contributed by atoms with Gasteiger partial charge >= 0.3 is 28.0 Å². The van der Waals surface area contributed by atoms with Crippen molar-refractivity contribution in [2.75, 3.05) is 21.1 Å². The van der Waals surface area contributed by atoms with E-state index < -0.39 is 50.5 Å². The molecule has 0 aromatic heterocycles. The van der Waals surface area contributed by atoms with Crippen LogP contribution in [0.25, 0.3) is 0 Å². The van der Waals surface area contributed by atoms with Crippen LogP contribution in [0.2, 0.25) is 0 Å². The standard InChI is InChI=1S/C19H18F6NO.CHF3O3S/c1-11-7-12(5-6-16(11)26(2,3)4)17(27)13-8-14(18(20,21)22)10-15(9-13)19(23,24)25;2-1(3,4)8(5,6)7/h5-10H,1-4H3;(H,5,6,7)/q+1;. The Balaban J connectivity index is 0.000000658. The summed E-state index contributed by atoms with van der Waals surface area (Å²) >= 11 is 0. The Morgan fingerprint density at radius 3 is 1.46 bits per heavy atom. The van der Waals surface area contributed by atoms with Crippen LogP contribution in [-0.2, 0) is 22.5 Å². The van der Waals surface area contributed by atoms with Crippen molar-refractivity contribution in [3.63, 3.8) is 0 Å². The summed E-state index contributed by atoms with van der Waals surface area (Å²) in [4.78, 5) is 12.6. The summed E-state index contributed by atoms with van der Waals surface area (Å²) in [6.07, 6.45) is -10.0. The minimum absolute atomic E-state index is 0.00219. The van der Waals surface area contributed by atoms with Crippen LogP contribution in [0, 0.1) is 6.92 Å². The number of quaternary nitrogens is 1. The Morgan fingerprint density at radius 2 is 1.17 bits per heavy atom. The van der Waals surface area contributed by atoms with Gasteiger partial charge in [0.1, 0.15) is 5.69 Å². The predicted octanol–water partition coefficient (Wildman–Crippen LogP) is 5.85. The molecule has 0 amide bonds. The normalized spacial score (nSPS) is 13.2. The van der Waals surface area contributed by atoms with Crippen molar-refractivity contribution >= 4 is 21.6 Å². The lowest BCUT2D eigenvalue weighted by molar-refractivity contribution is -0.143. The second kappa shape index (κ2) is 9.78. The lowest BCUT2D eigenvalue weighted by Crippen LogP contribution is -2.35. The van der Waals surface area contributed by atoms with E-state index in [1.807, 2.05) is 21.1 Å². The topological polar surface area (TPSA) is 71.4 Å². The maximum Gasteiger partial charge on any atom is 0.522 e. The maximum atomic E-state index is 13.0. The van der Waals surface area contributed by atoms with Gasteiger partial charge in [0.15, 0.2) is 5.78 Å². The van der Waals surface area contributed by atoms with Gasteiger partial charge in [-0.15, -0.1) is 0 Å². The van der Waals surface area contributed by atoms with Crippen molar-refractivity contribution in [2.45, 2.75) is 24.8 Å². The number of rotatable bonds is 3. The largest absolute Gasteiger partial charge is 0.522 e. The fourth-order valence-electron chi connectivity index (χ4n) is 2.80. The fourth-order valence-corrected chi connectivity index (χ4v) is 2.80. The van der Waals surface area contributed by atoms with Gasteiger partial charge in [0.25, 0.3) is 0 Å². The first kappa shape index (κ1) is 30.4. The highest BCUT2D eigenvalue weighted by atomic mass is 32.2. The van der Waals surface area contributed by atoms with Gasteiger partial charge in [-0.05, 0) is 37.3 Å². The lowest BCUT2D eigenvalue weighted by Gasteiger charge is -2.25. The van der Waals surface area contributed by atoms with E-state index in [2.05, 4.69) is 0 Å². The zero-order valence-corrected chi connectivity index (χ0v) is 19.2. The minimum atomic E-state index is -5.84. The van der Waals surface area contributed by atoms with Crippen molar-refractivity contribution in [3.05, 3.63) is 64.2 Å². The molecule has 5 nitrogen and oxygen atoms in total. The summed E-state index contributed by atoms with van der Waals surface area (Å²) in [5, 5.41) is 0. The average molecular weight is 540 g/mol. The highest BCUT2D eigenvalue weighted by Crippen LogP contribution is 2.37. The molecular weight excluding hydrogens is 521 g/mol. The van der Waals surface area contributed by atoms with Crippen LogP contribution in [0.4, 0.5) is 45.2 Å². The van der Waals surface area contributed by atoms with E-state index in [9.17, 15) is 44.3 Å². The Labute approximate surface area is 194 Å². The maximum absolute atomic E-state index is 13.0. The number of halogens is 9. The molecule has 0 atom stereocenters. The highest BCUT2D eigenvalue weighted by molar-refractivity contribution is 7.86. The van der Waals surface area contributed by atoms with Crippen LogP contribution in [0.15, 0.2) is 36.4 Å². The molecule has 2 rings (SSSR count). The fraction of sp³-hybridized carbons (Fsp3) is 0.350. The Bertz CT molecular complexity index is 1160. The molecule has 2 aromatic carbocycles. The first-order valence-electron chi connectivity index (χ1n) is 9.16. The summed E-state index contributed by atoms with van der Waals surface area (Å²) in [6, 6.07) is 5.40. The van der Waals surface area contributed by atoms with Gasteiger partial charge in [0.05, 0.1) is 32.3 Å². The number of ketones is 1. The third kappa shape index (κ3) is 8.21. The molecule has 0 aliphatic carbocycles. The zero-order valence-electron chi connectivity index (χ0n) is 18.4. The van der Waals surface area contributed by atoms with E-state index in [4.69, 9.17) is 13.0 Å². The Hall–Kier alpha value is -2.65. The number of hydrogen-bond donors (Lipinski definition) is 1. The molecule has 2 aromatic rings. The number of nitrogens with zero attached hydrogens (tertiary/aromatic N) is 1. The molecule has 0 aliphatic rings. The SMILES string of the molecule is Cc1cc(C(=O)c2cc(C(F)(F)F)cc(C(F)(F)F)c2)ccc1[N+](C)(C)C.O=S(=O)(O)C(F)(F)F. The number of hydrogen-bond acceptors (Lipinski definition) is 3. The van der Waals surface area contributed by atoms with Crippen LogP contribution >= 0.6 is 0 Å². The number of benzene rings is 2. The summed E-state index contributed by atoms with van der Waals surface area (Å²) in [7, 11) is -0.155. The van der Waals surface area contributed by atoms with Crippen LogP contribution < -0.4 is 4.48 Å².